The van der Waals surface area contributed by atoms with Gasteiger partial charge in [0.1, 0.15) is 0 Å². The Kier molecular flexibility index (Phi) is 3.85. The van der Waals surface area contributed by atoms with Gasteiger partial charge in [-0.15, -0.1) is 0 Å². The number of amides is 3. The Hall–Kier alpha value is -2.21. The highest BCUT2D eigenvalue weighted by Crippen LogP contribution is 2.22. The van der Waals surface area contributed by atoms with Gasteiger partial charge in [0, 0.05) is 25.2 Å². The molecule has 1 aromatic rings. The Morgan fingerprint density at radius 1 is 1.25 bits per heavy atom. The first-order valence-electron chi connectivity index (χ1n) is 6.37. The number of nitrogens with one attached hydrogen (secondary N) is 2. The fourth-order valence-electron chi connectivity index (χ4n) is 1.95. The van der Waals surface area contributed by atoms with Crippen molar-refractivity contribution in [2.75, 3.05) is 20.6 Å². The number of benzene rings is 1. The van der Waals surface area contributed by atoms with Crippen molar-refractivity contribution in [2.45, 2.75) is 13.0 Å². The molecule has 0 radical (unpaired) electrons. The van der Waals surface area contributed by atoms with E-state index < -0.39 is 0 Å². The summed E-state index contributed by atoms with van der Waals surface area (Å²) in [5, 5.41) is 5.78. The van der Waals surface area contributed by atoms with E-state index in [-0.39, 0.29) is 29.3 Å². The molecule has 20 heavy (non-hydrogen) atoms. The van der Waals surface area contributed by atoms with Crippen LogP contribution in [0.25, 0.3) is 0 Å². The lowest BCUT2D eigenvalue weighted by Gasteiger charge is -2.11. The molecule has 6 nitrogen and oxygen atoms in total. The summed E-state index contributed by atoms with van der Waals surface area (Å²) >= 11 is 0. The van der Waals surface area contributed by atoms with E-state index in [1.165, 1.54) is 19.2 Å². The van der Waals surface area contributed by atoms with Crippen molar-refractivity contribution >= 4 is 17.7 Å². The molecule has 1 aliphatic rings. The second kappa shape index (κ2) is 5.42. The maximum atomic E-state index is 12.0. The SMILES string of the molecule is CNC(C)CNC(=O)c1ccc2c(c1)C(=O)N(C)C2=O. The van der Waals surface area contributed by atoms with Gasteiger partial charge in [-0.1, -0.05) is 0 Å². The molecule has 0 aromatic heterocycles. The molecule has 106 valence electrons. The monoisotopic (exact) mass is 275 g/mol. The summed E-state index contributed by atoms with van der Waals surface area (Å²) in [6, 6.07) is 4.71. The highest BCUT2D eigenvalue weighted by atomic mass is 16.2. The fourth-order valence-corrected chi connectivity index (χ4v) is 1.95. The van der Waals surface area contributed by atoms with Gasteiger partial charge in [0.2, 0.25) is 0 Å². The molecule has 0 aliphatic carbocycles. The minimum Gasteiger partial charge on any atom is -0.350 e. The quantitative estimate of drug-likeness (QED) is 0.772. The highest BCUT2D eigenvalue weighted by molar-refractivity contribution is 6.21. The topological polar surface area (TPSA) is 78.5 Å². The second-order valence-electron chi connectivity index (χ2n) is 4.83. The van der Waals surface area contributed by atoms with Crippen LogP contribution in [0.2, 0.25) is 0 Å². The molecule has 0 fully saturated rings. The molecule has 1 aromatic carbocycles. The van der Waals surface area contributed by atoms with Gasteiger partial charge >= 0.3 is 0 Å². The second-order valence-corrected chi connectivity index (χ2v) is 4.83. The predicted molar refractivity (Wildman–Crippen MR) is 73.7 cm³/mol. The summed E-state index contributed by atoms with van der Waals surface area (Å²) in [4.78, 5) is 36.6. The van der Waals surface area contributed by atoms with Crippen LogP contribution in [0, 0.1) is 0 Å². The number of imide groups is 1. The largest absolute Gasteiger partial charge is 0.350 e. The van der Waals surface area contributed by atoms with Crippen molar-refractivity contribution in [1.29, 1.82) is 0 Å². The van der Waals surface area contributed by atoms with Crippen LogP contribution in [0.3, 0.4) is 0 Å². The molecule has 0 saturated heterocycles. The van der Waals surface area contributed by atoms with Gasteiger partial charge in [0.15, 0.2) is 0 Å². The van der Waals surface area contributed by atoms with Crippen LogP contribution in [-0.2, 0) is 0 Å². The van der Waals surface area contributed by atoms with Crippen molar-refractivity contribution in [1.82, 2.24) is 15.5 Å². The maximum Gasteiger partial charge on any atom is 0.261 e. The molecular formula is C14H17N3O3. The van der Waals surface area contributed by atoms with E-state index in [1.54, 1.807) is 6.07 Å². The Morgan fingerprint density at radius 3 is 2.55 bits per heavy atom. The van der Waals surface area contributed by atoms with Crippen LogP contribution in [0.4, 0.5) is 0 Å². The standard InChI is InChI=1S/C14H17N3O3/c1-8(15-2)7-16-12(18)9-4-5-10-11(6-9)14(20)17(3)13(10)19/h4-6,8,15H,7H2,1-3H3,(H,16,18). The first-order chi connectivity index (χ1) is 9.45. The average molecular weight is 275 g/mol. The van der Waals surface area contributed by atoms with E-state index >= 15 is 0 Å². The average Bonchev–Trinajstić information content (AvgIpc) is 2.68. The van der Waals surface area contributed by atoms with Gasteiger partial charge < -0.3 is 10.6 Å². The maximum absolute atomic E-state index is 12.0. The Balaban J connectivity index is 2.18. The minimum atomic E-state index is -0.372. The number of rotatable bonds is 4. The Labute approximate surface area is 117 Å². The third-order valence-corrected chi connectivity index (χ3v) is 3.41. The molecule has 2 rings (SSSR count). The van der Waals surface area contributed by atoms with Crippen LogP contribution < -0.4 is 10.6 Å². The van der Waals surface area contributed by atoms with Crippen molar-refractivity contribution in [2.24, 2.45) is 0 Å². The number of hydrogen-bond donors (Lipinski definition) is 2. The minimum absolute atomic E-state index is 0.155. The lowest BCUT2D eigenvalue weighted by atomic mass is 10.1. The zero-order valence-corrected chi connectivity index (χ0v) is 11.7. The number of hydrogen-bond acceptors (Lipinski definition) is 4. The molecular weight excluding hydrogens is 258 g/mol. The summed E-state index contributed by atoms with van der Waals surface area (Å²) in [5.74, 6) is -0.964. The summed E-state index contributed by atoms with van der Waals surface area (Å²) in [7, 11) is 3.24. The Morgan fingerprint density at radius 2 is 1.90 bits per heavy atom. The molecule has 0 saturated carbocycles. The lowest BCUT2D eigenvalue weighted by Crippen LogP contribution is -2.37. The molecule has 3 amide bonds. The van der Waals surface area contributed by atoms with Crippen molar-refractivity contribution < 1.29 is 14.4 Å². The van der Waals surface area contributed by atoms with Gasteiger partial charge in [0.05, 0.1) is 11.1 Å². The van der Waals surface area contributed by atoms with Crippen LogP contribution in [0.5, 0.6) is 0 Å². The van der Waals surface area contributed by atoms with E-state index in [0.717, 1.165) is 4.90 Å². The van der Waals surface area contributed by atoms with E-state index in [4.69, 9.17) is 0 Å². The van der Waals surface area contributed by atoms with E-state index in [9.17, 15) is 14.4 Å². The van der Waals surface area contributed by atoms with Gasteiger partial charge in [-0.2, -0.15) is 0 Å². The Bertz CT molecular complexity index is 583. The molecule has 1 aliphatic heterocycles. The van der Waals surface area contributed by atoms with Crippen molar-refractivity contribution in [3.8, 4) is 0 Å². The van der Waals surface area contributed by atoms with Gasteiger partial charge in [0.25, 0.3) is 17.7 Å². The number of carbonyl (C=O) groups is 3. The van der Waals surface area contributed by atoms with Gasteiger partial charge in [-0.3, -0.25) is 19.3 Å². The molecule has 0 bridgehead atoms. The van der Waals surface area contributed by atoms with E-state index in [0.29, 0.717) is 17.7 Å². The van der Waals surface area contributed by atoms with Crippen molar-refractivity contribution in [3.63, 3.8) is 0 Å². The third-order valence-electron chi connectivity index (χ3n) is 3.41. The number of nitrogens with zero attached hydrogens (tertiary/aromatic N) is 1. The zero-order chi connectivity index (χ0) is 14.9. The number of likely N-dealkylation sites (N-methyl/N-ethyl adjacent to an activating group) is 1. The van der Waals surface area contributed by atoms with Gasteiger partial charge in [-0.05, 0) is 32.2 Å². The fraction of sp³-hybridized carbons (Fsp3) is 0.357. The van der Waals surface area contributed by atoms with E-state index in [2.05, 4.69) is 10.6 Å². The van der Waals surface area contributed by atoms with Crippen molar-refractivity contribution in [3.05, 3.63) is 34.9 Å². The third kappa shape index (κ3) is 2.42. The zero-order valence-electron chi connectivity index (χ0n) is 11.7. The first-order valence-corrected chi connectivity index (χ1v) is 6.37. The van der Waals surface area contributed by atoms with Crippen LogP contribution in [0.1, 0.15) is 38.0 Å². The highest BCUT2D eigenvalue weighted by Gasteiger charge is 2.33. The molecule has 1 heterocycles. The lowest BCUT2D eigenvalue weighted by molar-refractivity contribution is 0.0693. The van der Waals surface area contributed by atoms with E-state index in [1.807, 2.05) is 14.0 Å². The molecule has 1 atom stereocenters. The molecule has 1 unspecified atom stereocenters. The molecule has 6 heteroatoms. The van der Waals surface area contributed by atoms with Crippen LogP contribution >= 0.6 is 0 Å². The van der Waals surface area contributed by atoms with Crippen LogP contribution in [0.15, 0.2) is 18.2 Å². The summed E-state index contributed by atoms with van der Waals surface area (Å²) in [5.41, 5.74) is 1.01. The predicted octanol–water partition coefficient (Wildman–Crippen LogP) is 0.250. The first kappa shape index (κ1) is 14.2. The number of fused-ring (bicyclic) bond motifs is 1. The smallest absolute Gasteiger partial charge is 0.261 e. The summed E-state index contributed by atoms with van der Waals surface area (Å²) in [6.07, 6.45) is 0. The summed E-state index contributed by atoms with van der Waals surface area (Å²) in [6.45, 7) is 2.43. The van der Waals surface area contributed by atoms with Crippen LogP contribution in [-0.4, -0.2) is 49.3 Å². The normalized spacial score (nSPS) is 15.2. The molecule has 0 spiro atoms. The molecule has 2 N–H and O–H groups in total. The van der Waals surface area contributed by atoms with Gasteiger partial charge in [-0.25, -0.2) is 0 Å². The summed E-state index contributed by atoms with van der Waals surface area (Å²) < 4.78 is 0. The number of carbonyl (C=O) groups excluding carboxylic acids is 3.